The van der Waals surface area contributed by atoms with Crippen LogP contribution in [0, 0.1) is 35.5 Å². The Morgan fingerprint density at radius 1 is 0.818 bits per heavy atom. The molecule has 0 radical (unpaired) electrons. The van der Waals surface area contributed by atoms with Crippen molar-refractivity contribution in [3.8, 4) is 0 Å². The van der Waals surface area contributed by atoms with Crippen LogP contribution in [0.4, 0.5) is 0 Å². The molecule has 192 valence electrons. The van der Waals surface area contributed by atoms with Crippen LogP contribution < -0.4 is 0 Å². The molecule has 1 spiro atoms. The van der Waals surface area contributed by atoms with Gasteiger partial charge in [0.05, 0.1) is 36.1 Å². The molecule has 33 heavy (non-hydrogen) atoms. The lowest BCUT2D eigenvalue weighted by atomic mass is 9.77. The number of ether oxygens (including phenoxy) is 4. The van der Waals surface area contributed by atoms with Gasteiger partial charge in [0.15, 0.2) is 5.79 Å². The molecule has 11 atom stereocenters. The zero-order chi connectivity index (χ0) is 24.1. The highest BCUT2D eigenvalue weighted by molar-refractivity contribution is 5.05. The summed E-state index contributed by atoms with van der Waals surface area (Å²) >= 11 is 0. The second kappa shape index (κ2) is 9.71. The Bertz CT molecular complexity index is 664. The smallest absolute Gasteiger partial charge is 0.170 e. The fraction of sp³-hybridized carbons (Fsp3) is 1.00. The lowest BCUT2D eigenvalue weighted by molar-refractivity contribution is -0.346. The van der Waals surface area contributed by atoms with Gasteiger partial charge in [-0.25, -0.2) is 0 Å². The molecule has 4 rings (SSSR count). The van der Waals surface area contributed by atoms with E-state index in [0.29, 0.717) is 35.7 Å². The number of hydrogen-bond donors (Lipinski definition) is 0. The molecule has 0 saturated carbocycles. The van der Waals surface area contributed by atoms with E-state index in [4.69, 9.17) is 18.9 Å². The van der Waals surface area contributed by atoms with Gasteiger partial charge in [-0.15, -0.1) is 0 Å². The van der Waals surface area contributed by atoms with E-state index in [1.165, 1.54) is 12.8 Å². The molecule has 4 aliphatic heterocycles. The van der Waals surface area contributed by atoms with Gasteiger partial charge in [-0.3, -0.25) is 0 Å². The Labute approximate surface area is 203 Å². The molecule has 0 unspecified atom stereocenters. The van der Waals surface area contributed by atoms with E-state index in [9.17, 15) is 0 Å². The molecule has 0 N–H and O–H groups in total. The third-order valence-corrected chi connectivity index (χ3v) is 9.48. The van der Waals surface area contributed by atoms with Gasteiger partial charge in [0, 0.05) is 25.7 Å². The van der Waals surface area contributed by atoms with Crippen LogP contribution in [0.1, 0.15) is 107 Å². The van der Waals surface area contributed by atoms with Crippen molar-refractivity contribution in [3.05, 3.63) is 0 Å². The first-order chi connectivity index (χ1) is 15.5. The van der Waals surface area contributed by atoms with E-state index in [-0.39, 0.29) is 30.0 Å². The Morgan fingerprint density at radius 2 is 1.45 bits per heavy atom. The van der Waals surface area contributed by atoms with Crippen molar-refractivity contribution in [3.63, 3.8) is 0 Å². The molecule has 0 aliphatic carbocycles. The summed E-state index contributed by atoms with van der Waals surface area (Å²) in [5.74, 6) is 2.89. The third-order valence-electron chi connectivity index (χ3n) is 9.48. The van der Waals surface area contributed by atoms with E-state index in [0.717, 1.165) is 38.0 Å². The van der Waals surface area contributed by atoms with Crippen molar-refractivity contribution < 1.29 is 18.9 Å². The molecule has 4 aliphatic rings. The molecule has 4 fully saturated rings. The van der Waals surface area contributed by atoms with Crippen molar-refractivity contribution in [2.45, 2.75) is 149 Å². The summed E-state index contributed by atoms with van der Waals surface area (Å²) in [5, 5.41) is 0. The fourth-order valence-corrected chi connectivity index (χ4v) is 7.59. The van der Waals surface area contributed by atoms with E-state index < -0.39 is 5.79 Å². The highest BCUT2D eigenvalue weighted by Gasteiger charge is 2.60. The minimum atomic E-state index is -0.465. The Morgan fingerprint density at radius 3 is 2.06 bits per heavy atom. The molecule has 0 aromatic heterocycles. The average molecular weight is 465 g/mol. The van der Waals surface area contributed by atoms with Gasteiger partial charge in [0.25, 0.3) is 0 Å². The molecule has 0 amide bonds. The van der Waals surface area contributed by atoms with Gasteiger partial charge in [-0.1, -0.05) is 68.7 Å². The van der Waals surface area contributed by atoms with E-state index in [2.05, 4.69) is 62.3 Å². The Hall–Kier alpha value is -0.160. The van der Waals surface area contributed by atoms with Gasteiger partial charge >= 0.3 is 0 Å². The van der Waals surface area contributed by atoms with Crippen molar-refractivity contribution in [2.24, 2.45) is 35.5 Å². The molecule has 4 saturated heterocycles. The summed E-state index contributed by atoms with van der Waals surface area (Å²) in [6.07, 6.45) is 8.49. The Balaban J connectivity index is 1.46. The van der Waals surface area contributed by atoms with Crippen molar-refractivity contribution in [2.75, 3.05) is 0 Å². The third kappa shape index (κ3) is 5.06. The predicted octanol–water partition coefficient (Wildman–Crippen LogP) is 6.99. The maximum absolute atomic E-state index is 6.95. The van der Waals surface area contributed by atoms with Crippen molar-refractivity contribution >= 4 is 0 Å². The summed E-state index contributed by atoms with van der Waals surface area (Å²) in [7, 11) is 0. The largest absolute Gasteiger partial charge is 0.372 e. The average Bonchev–Trinajstić information content (AvgIpc) is 3.30. The lowest BCUT2D eigenvalue weighted by Crippen LogP contribution is -2.58. The zero-order valence-corrected chi connectivity index (χ0v) is 22.9. The molecule has 4 heterocycles. The fourth-order valence-electron chi connectivity index (χ4n) is 7.59. The van der Waals surface area contributed by atoms with E-state index >= 15 is 0 Å². The number of rotatable bonds is 7. The molecular formula is C29H52O4. The first-order valence-corrected chi connectivity index (χ1v) is 14.2. The standard InChI is InChI=1S/C29H52O4/c1-10-19(6)11-20(7)23-12-24-26(30-23)21(8)14-29(31-24)15-22(9)27-25(32-29)16-28(33-27,18(4)5)13-17(2)3/h17-27H,10-16H2,1-9H3/t19-,20-,21-,22-,23-,24-,25-,26-,27-,28-,29+/m0/s1. The van der Waals surface area contributed by atoms with Crippen LogP contribution in [-0.2, 0) is 18.9 Å². The van der Waals surface area contributed by atoms with Crippen LogP contribution in [0.2, 0.25) is 0 Å². The maximum atomic E-state index is 6.95. The van der Waals surface area contributed by atoms with E-state index in [1.54, 1.807) is 0 Å². The summed E-state index contributed by atoms with van der Waals surface area (Å²) in [4.78, 5) is 0. The normalized spacial score (nSPS) is 47.2. The summed E-state index contributed by atoms with van der Waals surface area (Å²) in [6, 6.07) is 0. The van der Waals surface area contributed by atoms with E-state index in [1.807, 2.05) is 0 Å². The zero-order valence-electron chi connectivity index (χ0n) is 22.9. The second-order valence-corrected chi connectivity index (χ2v) is 13.3. The molecular weight excluding hydrogens is 412 g/mol. The van der Waals surface area contributed by atoms with Crippen LogP contribution in [0.5, 0.6) is 0 Å². The van der Waals surface area contributed by atoms with Gasteiger partial charge in [0.2, 0.25) is 0 Å². The first kappa shape index (κ1) is 25.9. The molecule has 0 aromatic rings. The predicted molar refractivity (Wildman–Crippen MR) is 133 cm³/mol. The molecule has 4 heteroatoms. The summed E-state index contributed by atoms with van der Waals surface area (Å²) in [5.41, 5.74) is -0.0704. The quantitative estimate of drug-likeness (QED) is 0.407. The van der Waals surface area contributed by atoms with Gasteiger partial charge in [-0.2, -0.15) is 0 Å². The maximum Gasteiger partial charge on any atom is 0.170 e. The highest BCUT2D eigenvalue weighted by atomic mass is 16.7. The summed E-state index contributed by atoms with van der Waals surface area (Å²) < 4.78 is 27.4. The molecule has 0 bridgehead atoms. The topological polar surface area (TPSA) is 36.9 Å². The van der Waals surface area contributed by atoms with Crippen molar-refractivity contribution in [1.82, 2.24) is 0 Å². The minimum Gasteiger partial charge on any atom is -0.372 e. The van der Waals surface area contributed by atoms with Crippen LogP contribution >= 0.6 is 0 Å². The minimum absolute atomic E-state index is 0.0704. The molecule has 4 nitrogen and oxygen atoms in total. The van der Waals surface area contributed by atoms with Crippen LogP contribution in [0.15, 0.2) is 0 Å². The van der Waals surface area contributed by atoms with Crippen LogP contribution in [-0.4, -0.2) is 41.9 Å². The first-order valence-electron chi connectivity index (χ1n) is 14.2. The number of fused-ring (bicyclic) bond motifs is 2. The van der Waals surface area contributed by atoms with Crippen molar-refractivity contribution in [1.29, 1.82) is 0 Å². The monoisotopic (exact) mass is 464 g/mol. The van der Waals surface area contributed by atoms with Crippen LogP contribution in [0.25, 0.3) is 0 Å². The second-order valence-electron chi connectivity index (χ2n) is 13.3. The van der Waals surface area contributed by atoms with Gasteiger partial charge in [0.1, 0.15) is 0 Å². The Kier molecular flexibility index (Phi) is 7.63. The van der Waals surface area contributed by atoms with Gasteiger partial charge < -0.3 is 18.9 Å². The molecule has 0 aromatic carbocycles. The summed E-state index contributed by atoms with van der Waals surface area (Å²) in [6.45, 7) is 21.0. The SMILES string of the molecule is CC[C@H](C)C[C@H](C)[C@@H]1C[C@@H]2O[C@@]3(C[C@H](C)[C@@H]2O1)C[C@H](C)[C@@H]1O[C@](CC(C)C)(C(C)C)C[C@@H]1O3. The number of hydrogen-bond acceptors (Lipinski definition) is 4. The highest BCUT2D eigenvalue weighted by Crippen LogP contribution is 2.54. The lowest BCUT2D eigenvalue weighted by Gasteiger charge is -2.51. The van der Waals surface area contributed by atoms with Crippen LogP contribution in [0.3, 0.4) is 0 Å². The van der Waals surface area contributed by atoms with Gasteiger partial charge in [-0.05, 0) is 48.3 Å².